The van der Waals surface area contributed by atoms with E-state index in [0.29, 0.717) is 0 Å². The predicted octanol–water partition coefficient (Wildman–Crippen LogP) is -5.18. The molecule has 23 nitrogen and oxygen atoms in total. The monoisotopic (exact) mass is 660 g/mol. The predicted molar refractivity (Wildman–Crippen MR) is 140 cm³/mol. The molecule has 0 saturated carbocycles. The normalized spacial score (nSPS) is 30.1. The number of carbonyl (C=O) groups is 1. The van der Waals surface area contributed by atoms with E-state index in [1.54, 1.807) is 0 Å². The third kappa shape index (κ3) is 5.66. The van der Waals surface area contributed by atoms with E-state index in [1.165, 1.54) is 10.9 Å². The smallest absolute Gasteiger partial charge is 0.469 e. The summed E-state index contributed by atoms with van der Waals surface area (Å²) in [5, 5.41) is 58.7. The molecule has 24 heteroatoms. The minimum Gasteiger partial charge on any atom is -0.478 e. The molecule has 6 rings (SSSR count). The SMILES string of the molecule is O=C(O)[C@@]1(n2cnc3c(=O)[nH]cnc32)O[C@H](CO)[C@@H](O)[C@H]1O.O=c1[nH]cnc2c1ncn2[C@@H]1O[C@H](COP(=O)(O)O)[C@@H](O)[C@H]1O. The van der Waals surface area contributed by atoms with Crippen molar-refractivity contribution >= 4 is 36.1 Å². The van der Waals surface area contributed by atoms with Crippen molar-refractivity contribution in [2.24, 2.45) is 0 Å². The molecule has 2 aliphatic heterocycles. The maximum Gasteiger partial charge on any atom is 0.469 e. The molecule has 2 fully saturated rings. The van der Waals surface area contributed by atoms with Gasteiger partial charge in [0.15, 0.2) is 28.6 Å². The molecule has 0 amide bonds. The van der Waals surface area contributed by atoms with Crippen LogP contribution in [0.15, 0.2) is 34.9 Å². The highest BCUT2D eigenvalue weighted by Gasteiger charge is 2.61. The summed E-state index contributed by atoms with van der Waals surface area (Å²) in [6.45, 7) is -1.33. The van der Waals surface area contributed by atoms with Crippen LogP contribution in [-0.4, -0.2) is 135 Å². The van der Waals surface area contributed by atoms with Crippen LogP contribution >= 0.6 is 7.82 Å². The lowest BCUT2D eigenvalue weighted by Gasteiger charge is -2.28. The maximum atomic E-state index is 11.7. The van der Waals surface area contributed by atoms with Gasteiger partial charge in [-0.2, -0.15) is 0 Å². The molecule has 4 aromatic rings. The summed E-state index contributed by atoms with van der Waals surface area (Å²) in [5.74, 6) is -1.63. The zero-order valence-corrected chi connectivity index (χ0v) is 23.2. The van der Waals surface area contributed by atoms with Gasteiger partial charge in [-0.25, -0.2) is 29.3 Å². The number of nitrogens with one attached hydrogen (secondary N) is 2. The van der Waals surface area contributed by atoms with Crippen molar-refractivity contribution in [2.45, 2.75) is 48.6 Å². The van der Waals surface area contributed by atoms with Gasteiger partial charge in [-0.1, -0.05) is 0 Å². The molecular formula is C21H25N8O15P. The van der Waals surface area contributed by atoms with Gasteiger partial charge in [0, 0.05) is 0 Å². The zero-order chi connectivity index (χ0) is 32.8. The Hall–Kier alpha value is -4.00. The van der Waals surface area contributed by atoms with E-state index in [1.807, 2.05) is 0 Å². The van der Waals surface area contributed by atoms with Crippen LogP contribution in [0.5, 0.6) is 0 Å². The van der Waals surface area contributed by atoms with Crippen LogP contribution in [0.4, 0.5) is 0 Å². The van der Waals surface area contributed by atoms with Crippen LogP contribution in [0.2, 0.25) is 0 Å². The first-order valence-corrected chi connectivity index (χ1v) is 14.2. The second kappa shape index (κ2) is 12.1. The molecule has 10 N–H and O–H groups in total. The van der Waals surface area contributed by atoms with Crippen LogP contribution in [0.1, 0.15) is 6.23 Å². The molecule has 244 valence electrons. The molecule has 4 aromatic heterocycles. The molecule has 45 heavy (non-hydrogen) atoms. The number of nitrogens with zero attached hydrogens (tertiary/aromatic N) is 6. The first kappa shape index (κ1) is 32.4. The van der Waals surface area contributed by atoms with Gasteiger partial charge in [-0.05, 0) is 0 Å². The van der Waals surface area contributed by atoms with E-state index in [-0.39, 0.29) is 22.3 Å². The van der Waals surface area contributed by atoms with Gasteiger partial charge in [-0.15, -0.1) is 0 Å². The number of aromatic amines is 2. The van der Waals surface area contributed by atoms with Crippen LogP contribution < -0.4 is 11.1 Å². The van der Waals surface area contributed by atoms with Gasteiger partial charge < -0.3 is 59.9 Å². The topological polar surface area (TPSA) is 351 Å². The largest absolute Gasteiger partial charge is 0.478 e. The van der Waals surface area contributed by atoms with Crippen molar-refractivity contribution in [1.29, 1.82) is 0 Å². The summed E-state index contributed by atoms with van der Waals surface area (Å²) in [7, 11) is -4.74. The van der Waals surface area contributed by atoms with Gasteiger partial charge in [0.1, 0.15) is 43.0 Å². The molecule has 8 atom stereocenters. The number of carboxylic acid groups (broad SMARTS) is 1. The minimum absolute atomic E-state index is 0.0210. The average molecular weight is 660 g/mol. The summed E-state index contributed by atoms with van der Waals surface area (Å²) in [6, 6.07) is 0. The standard InChI is InChI=1S/C11H12N4O7.C10H13N4O8P/c16-1-4-6(17)7(18)11(22-4,10(20)21)15-3-14-5-8(15)12-2-13-9(5)19;15-6-4(1-21-23(18,19)20)22-10(7(6)16)14-3-13-5-8(14)11-2-12-9(5)17/h2-4,6-7,16-18H,1H2,(H,20,21)(H,12,13,19);2-4,6-7,10,15-16H,1H2,(H,11,12,17)(H2,18,19,20)/t4-,6-,7-,11+;4-,6-,7-,10-/m11/s1. The van der Waals surface area contributed by atoms with Crippen molar-refractivity contribution in [3.05, 3.63) is 46.0 Å². The van der Waals surface area contributed by atoms with Crippen LogP contribution in [0, 0.1) is 0 Å². The Labute approximate surface area is 247 Å². The minimum atomic E-state index is -4.74. The molecule has 0 bridgehead atoms. The van der Waals surface area contributed by atoms with Gasteiger partial charge in [0.05, 0.1) is 32.2 Å². The number of hydrogen-bond donors (Lipinski definition) is 10. The molecule has 6 heterocycles. The first-order valence-electron chi connectivity index (χ1n) is 12.6. The van der Waals surface area contributed by atoms with Crippen LogP contribution in [-0.2, 0) is 29.1 Å². The second-order valence-corrected chi connectivity index (χ2v) is 10.9. The van der Waals surface area contributed by atoms with E-state index >= 15 is 0 Å². The molecule has 0 unspecified atom stereocenters. The molecule has 2 saturated heterocycles. The van der Waals surface area contributed by atoms with Crippen molar-refractivity contribution in [3.63, 3.8) is 0 Å². The van der Waals surface area contributed by atoms with E-state index in [0.717, 1.165) is 23.5 Å². The molecular weight excluding hydrogens is 635 g/mol. The third-order valence-electron chi connectivity index (χ3n) is 7.00. The van der Waals surface area contributed by atoms with Gasteiger partial charge in [-0.3, -0.25) is 23.2 Å². The fourth-order valence-electron chi connectivity index (χ4n) is 4.83. The lowest BCUT2D eigenvalue weighted by molar-refractivity contribution is -0.194. The Morgan fingerprint density at radius 3 is 2.11 bits per heavy atom. The van der Waals surface area contributed by atoms with E-state index in [9.17, 15) is 44.5 Å². The van der Waals surface area contributed by atoms with Crippen molar-refractivity contribution in [3.8, 4) is 0 Å². The lowest BCUT2D eigenvalue weighted by Crippen LogP contribution is -2.51. The molecule has 2 aliphatic rings. The van der Waals surface area contributed by atoms with Crippen molar-refractivity contribution < 1.29 is 63.8 Å². The zero-order valence-electron chi connectivity index (χ0n) is 22.3. The fourth-order valence-corrected chi connectivity index (χ4v) is 5.18. The second-order valence-electron chi connectivity index (χ2n) is 9.68. The lowest BCUT2D eigenvalue weighted by atomic mass is 10.0. The Bertz CT molecular complexity index is 1870. The highest BCUT2D eigenvalue weighted by atomic mass is 31.2. The van der Waals surface area contributed by atoms with Gasteiger partial charge in [0.25, 0.3) is 16.8 Å². The summed E-state index contributed by atoms with van der Waals surface area (Å²) in [6.07, 6.45) is -5.70. The Balaban J connectivity index is 0.000000178. The van der Waals surface area contributed by atoms with Gasteiger partial charge >= 0.3 is 13.8 Å². The number of phosphoric acid groups is 1. The number of aliphatic carboxylic acids is 1. The number of H-pyrrole nitrogens is 2. The molecule has 0 aliphatic carbocycles. The number of phosphoric ester groups is 1. The average Bonchev–Trinajstić information content (AvgIpc) is 3.74. The van der Waals surface area contributed by atoms with Crippen LogP contribution in [0.25, 0.3) is 22.3 Å². The quantitative estimate of drug-likeness (QED) is 0.0828. The number of ether oxygens (including phenoxy) is 2. The Kier molecular flexibility index (Phi) is 8.69. The highest BCUT2D eigenvalue weighted by Crippen LogP contribution is 2.39. The summed E-state index contributed by atoms with van der Waals surface area (Å²) in [5.41, 5.74) is -3.69. The fraction of sp³-hybridized carbons (Fsp3) is 0.476. The summed E-state index contributed by atoms with van der Waals surface area (Å²) >= 11 is 0. The first-order chi connectivity index (χ1) is 21.2. The summed E-state index contributed by atoms with van der Waals surface area (Å²) in [4.78, 5) is 72.3. The number of aliphatic hydroxyl groups excluding tert-OH is 5. The number of aromatic nitrogens is 8. The number of carboxylic acids is 1. The van der Waals surface area contributed by atoms with Crippen molar-refractivity contribution in [2.75, 3.05) is 13.2 Å². The van der Waals surface area contributed by atoms with E-state index in [2.05, 4.69) is 34.4 Å². The number of aliphatic hydroxyl groups is 5. The van der Waals surface area contributed by atoms with E-state index in [4.69, 9.17) is 24.4 Å². The number of imidazole rings is 2. The molecule has 0 aromatic carbocycles. The highest BCUT2D eigenvalue weighted by molar-refractivity contribution is 7.46. The van der Waals surface area contributed by atoms with Crippen molar-refractivity contribution in [1.82, 2.24) is 39.0 Å². The molecule has 0 spiro atoms. The van der Waals surface area contributed by atoms with E-state index < -0.39 is 86.7 Å². The number of fused-ring (bicyclic) bond motifs is 2. The molecule has 0 radical (unpaired) electrons. The third-order valence-corrected chi connectivity index (χ3v) is 7.49. The Morgan fingerprint density at radius 1 is 0.933 bits per heavy atom. The van der Waals surface area contributed by atoms with Gasteiger partial charge in [0.2, 0.25) is 0 Å². The number of rotatable bonds is 7. The summed E-state index contributed by atoms with van der Waals surface area (Å²) < 4.78 is 27.7. The Morgan fingerprint density at radius 2 is 1.53 bits per heavy atom. The maximum absolute atomic E-state index is 11.7. The van der Waals surface area contributed by atoms with Crippen LogP contribution in [0.3, 0.4) is 0 Å². The number of hydrogen-bond acceptors (Lipinski definition) is 16.